The third-order valence-corrected chi connectivity index (χ3v) is 6.09. The minimum Gasteiger partial charge on any atom is -0.493 e. The smallest absolute Gasteiger partial charge is 0.270 e. The molecule has 38 heavy (non-hydrogen) atoms. The van der Waals surface area contributed by atoms with Crippen LogP contribution < -0.4 is 15.6 Å². The molecule has 0 aliphatic heterocycles. The fourth-order valence-corrected chi connectivity index (χ4v) is 4.13. The number of pyridine rings is 1. The molecule has 2 atom stereocenters. The average Bonchev–Trinajstić information content (AvgIpc) is 3.09. The van der Waals surface area contributed by atoms with Gasteiger partial charge in [0.1, 0.15) is 5.69 Å². The van der Waals surface area contributed by atoms with Crippen LogP contribution in [0.4, 0.5) is 4.39 Å². The van der Waals surface area contributed by atoms with Gasteiger partial charge in [-0.1, -0.05) is 50.2 Å². The van der Waals surface area contributed by atoms with Gasteiger partial charge in [0.2, 0.25) is 23.6 Å². The van der Waals surface area contributed by atoms with Gasteiger partial charge in [-0.15, -0.1) is 0 Å². The van der Waals surface area contributed by atoms with Crippen LogP contribution in [0.2, 0.25) is 0 Å². The van der Waals surface area contributed by atoms with Gasteiger partial charge >= 0.3 is 0 Å². The van der Waals surface area contributed by atoms with E-state index in [4.69, 9.17) is 0 Å². The Balaban J connectivity index is 1.84. The molecule has 10 nitrogen and oxygen atoms in total. The first-order chi connectivity index (χ1) is 17.9. The SMILES string of the molecule is Cc1c(C(=O)[C@@H](NC(=O)C[C@H](NC(=O)c2cccc(F)n2)c2ccccc2)C(C)C)c(O)n(N(C)C)c1O. The van der Waals surface area contributed by atoms with Gasteiger partial charge in [0.05, 0.1) is 24.1 Å². The van der Waals surface area contributed by atoms with Gasteiger partial charge in [-0.05, 0) is 30.5 Å². The molecule has 3 aromatic rings. The monoisotopic (exact) mass is 525 g/mol. The van der Waals surface area contributed by atoms with Gasteiger partial charge in [0.15, 0.2) is 5.78 Å². The molecule has 0 aliphatic carbocycles. The highest BCUT2D eigenvalue weighted by Gasteiger charge is 2.33. The lowest BCUT2D eigenvalue weighted by atomic mass is 9.93. The molecule has 2 aromatic heterocycles. The van der Waals surface area contributed by atoms with E-state index in [0.717, 1.165) is 10.7 Å². The number of carbonyl (C=O) groups excluding carboxylic acids is 3. The first-order valence-electron chi connectivity index (χ1n) is 12.0. The predicted molar refractivity (Wildman–Crippen MR) is 139 cm³/mol. The summed E-state index contributed by atoms with van der Waals surface area (Å²) in [4.78, 5) is 43.0. The minimum atomic E-state index is -1.03. The topological polar surface area (TPSA) is 137 Å². The summed E-state index contributed by atoms with van der Waals surface area (Å²) in [6, 6.07) is 10.8. The first-order valence-corrected chi connectivity index (χ1v) is 12.0. The minimum absolute atomic E-state index is 0.0970. The van der Waals surface area contributed by atoms with Crippen molar-refractivity contribution in [1.29, 1.82) is 0 Å². The lowest BCUT2D eigenvalue weighted by molar-refractivity contribution is -0.122. The highest BCUT2D eigenvalue weighted by atomic mass is 19.1. The van der Waals surface area contributed by atoms with Crippen LogP contribution >= 0.6 is 0 Å². The number of nitrogens with zero attached hydrogens (tertiary/aromatic N) is 3. The number of ketones is 1. The Morgan fingerprint density at radius 1 is 1.00 bits per heavy atom. The van der Waals surface area contributed by atoms with E-state index >= 15 is 0 Å². The number of rotatable bonds is 10. The Morgan fingerprint density at radius 3 is 2.21 bits per heavy atom. The van der Waals surface area contributed by atoms with Crippen LogP contribution in [0.3, 0.4) is 0 Å². The number of Topliss-reactive ketones (excluding diaryl/α,β-unsaturated/α-hetero) is 1. The number of hydrogen-bond donors (Lipinski definition) is 4. The second-order valence-corrected chi connectivity index (χ2v) is 9.45. The van der Waals surface area contributed by atoms with Crippen LogP contribution in [0.5, 0.6) is 11.8 Å². The fraction of sp³-hybridized carbons (Fsp3) is 0.333. The highest BCUT2D eigenvalue weighted by Crippen LogP contribution is 2.34. The Bertz CT molecular complexity index is 1320. The van der Waals surface area contributed by atoms with Crippen molar-refractivity contribution >= 4 is 17.6 Å². The van der Waals surface area contributed by atoms with Crippen LogP contribution in [0.25, 0.3) is 0 Å². The number of aromatic nitrogens is 2. The molecule has 0 saturated heterocycles. The summed E-state index contributed by atoms with van der Waals surface area (Å²) in [5.74, 6) is -3.66. The quantitative estimate of drug-likeness (QED) is 0.236. The summed E-state index contributed by atoms with van der Waals surface area (Å²) < 4.78 is 14.6. The van der Waals surface area contributed by atoms with Gasteiger partial charge < -0.3 is 25.9 Å². The molecule has 0 radical (unpaired) electrons. The summed E-state index contributed by atoms with van der Waals surface area (Å²) in [6.07, 6.45) is -0.226. The molecule has 2 heterocycles. The van der Waals surface area contributed by atoms with Crippen molar-refractivity contribution in [3.8, 4) is 11.8 Å². The van der Waals surface area contributed by atoms with Crippen molar-refractivity contribution in [2.24, 2.45) is 5.92 Å². The van der Waals surface area contributed by atoms with E-state index in [1.54, 1.807) is 58.3 Å². The maximum absolute atomic E-state index is 13.5. The number of nitrogens with one attached hydrogen (secondary N) is 2. The van der Waals surface area contributed by atoms with E-state index < -0.39 is 41.5 Å². The number of carbonyl (C=O) groups is 3. The lowest BCUT2D eigenvalue weighted by Gasteiger charge is -2.24. The Morgan fingerprint density at radius 2 is 1.66 bits per heavy atom. The van der Waals surface area contributed by atoms with Crippen molar-refractivity contribution in [1.82, 2.24) is 20.3 Å². The van der Waals surface area contributed by atoms with Crippen LogP contribution in [0, 0.1) is 18.8 Å². The molecule has 3 rings (SSSR count). The second-order valence-electron chi connectivity index (χ2n) is 9.45. The average molecular weight is 526 g/mol. The molecule has 11 heteroatoms. The zero-order chi connectivity index (χ0) is 28.1. The molecule has 0 fully saturated rings. The third-order valence-electron chi connectivity index (χ3n) is 6.09. The Hall–Kier alpha value is -4.41. The van der Waals surface area contributed by atoms with Crippen LogP contribution in [0.1, 0.15) is 58.3 Å². The molecule has 0 saturated carbocycles. The van der Waals surface area contributed by atoms with E-state index in [2.05, 4.69) is 15.6 Å². The summed E-state index contributed by atoms with van der Waals surface area (Å²) in [7, 11) is 3.18. The Kier molecular flexibility index (Phi) is 8.72. The van der Waals surface area contributed by atoms with Crippen molar-refractivity contribution < 1.29 is 29.0 Å². The predicted octanol–water partition coefficient (Wildman–Crippen LogP) is 2.82. The number of aromatic hydroxyl groups is 2. The number of hydrogen-bond acceptors (Lipinski definition) is 7. The zero-order valence-electron chi connectivity index (χ0n) is 21.9. The van der Waals surface area contributed by atoms with E-state index in [-0.39, 0.29) is 35.0 Å². The van der Waals surface area contributed by atoms with Crippen LogP contribution in [-0.4, -0.2) is 57.6 Å². The highest BCUT2D eigenvalue weighted by molar-refractivity contribution is 6.05. The van der Waals surface area contributed by atoms with Gasteiger partial charge in [0.25, 0.3) is 5.91 Å². The summed E-state index contributed by atoms with van der Waals surface area (Å²) in [5.41, 5.74) is 0.567. The van der Waals surface area contributed by atoms with Gasteiger partial charge in [-0.3, -0.25) is 14.4 Å². The molecule has 2 amide bonds. The van der Waals surface area contributed by atoms with Gasteiger partial charge in [-0.25, -0.2) is 4.98 Å². The molecule has 202 valence electrons. The zero-order valence-corrected chi connectivity index (χ0v) is 21.9. The summed E-state index contributed by atoms with van der Waals surface area (Å²) in [6.45, 7) is 4.98. The fourth-order valence-electron chi connectivity index (χ4n) is 4.13. The third kappa shape index (κ3) is 6.10. The van der Waals surface area contributed by atoms with Crippen LogP contribution in [0.15, 0.2) is 48.5 Å². The first kappa shape index (κ1) is 28.2. The molecular formula is C27H32FN5O5. The number of benzene rings is 1. The normalized spacial score (nSPS) is 12.6. The molecule has 1 aromatic carbocycles. The lowest BCUT2D eigenvalue weighted by Crippen LogP contribution is -2.46. The Labute approximate surface area is 220 Å². The molecule has 0 unspecified atom stereocenters. The molecule has 0 bridgehead atoms. The van der Waals surface area contributed by atoms with Crippen molar-refractivity contribution in [3.05, 3.63) is 76.9 Å². The van der Waals surface area contributed by atoms with Crippen molar-refractivity contribution in [2.75, 3.05) is 19.1 Å². The maximum atomic E-state index is 13.5. The standard InChI is InChI=1S/C27H32FN5O5/c1-15(2)23(24(35)22-16(3)26(37)33(27(22)38)32(4)5)31-21(34)14-19(17-10-7-6-8-11-17)30-25(36)18-12-9-13-20(28)29-18/h6-13,15,19,23,37-38H,14H2,1-5H3,(H,30,36)(H,31,34)/t19-,23-/m0/s1. The largest absolute Gasteiger partial charge is 0.493 e. The van der Waals surface area contributed by atoms with Crippen molar-refractivity contribution in [3.63, 3.8) is 0 Å². The van der Waals surface area contributed by atoms with Gasteiger partial charge in [0, 0.05) is 19.7 Å². The maximum Gasteiger partial charge on any atom is 0.270 e. The molecule has 0 spiro atoms. The van der Waals surface area contributed by atoms with Crippen molar-refractivity contribution in [2.45, 2.75) is 39.3 Å². The van der Waals surface area contributed by atoms with E-state index in [9.17, 15) is 29.0 Å². The number of halogens is 1. The van der Waals surface area contributed by atoms with Crippen LogP contribution in [-0.2, 0) is 4.79 Å². The second kappa shape index (κ2) is 11.8. The number of amides is 2. The van der Waals surface area contributed by atoms with E-state index in [0.29, 0.717) is 5.56 Å². The molecular weight excluding hydrogens is 493 g/mol. The van der Waals surface area contributed by atoms with E-state index in [1.165, 1.54) is 24.1 Å². The summed E-state index contributed by atoms with van der Waals surface area (Å²) in [5, 5.41) is 27.9. The summed E-state index contributed by atoms with van der Waals surface area (Å²) >= 11 is 0. The molecule has 4 N–H and O–H groups in total. The van der Waals surface area contributed by atoms with E-state index in [1.807, 2.05) is 0 Å². The van der Waals surface area contributed by atoms with Gasteiger partial charge in [-0.2, -0.15) is 9.07 Å². The molecule has 0 aliphatic rings.